The molecule has 0 aromatic carbocycles. The molecule has 14 heavy (non-hydrogen) atoms. The predicted octanol–water partition coefficient (Wildman–Crippen LogP) is 0.119. The first-order chi connectivity index (χ1) is 6.74. The second-order valence-corrected chi connectivity index (χ2v) is 4.36. The maximum Gasteiger partial charge on any atom is 0.240 e. The van der Waals surface area contributed by atoms with Crippen LogP contribution in [0.1, 0.15) is 25.7 Å². The summed E-state index contributed by atoms with van der Waals surface area (Å²) < 4.78 is 0. The van der Waals surface area contributed by atoms with Gasteiger partial charge in [0.2, 0.25) is 12.3 Å². The zero-order valence-electron chi connectivity index (χ0n) is 8.19. The second-order valence-electron chi connectivity index (χ2n) is 4.36. The van der Waals surface area contributed by atoms with Crippen LogP contribution in [-0.4, -0.2) is 29.8 Å². The van der Waals surface area contributed by atoms with Crippen molar-refractivity contribution in [3.05, 3.63) is 0 Å². The molecule has 1 aliphatic carbocycles. The molecule has 2 rings (SSSR count). The molecule has 2 fully saturated rings. The fourth-order valence-electron chi connectivity index (χ4n) is 2.99. The molecule has 0 radical (unpaired) electrons. The first-order valence-corrected chi connectivity index (χ1v) is 5.24. The van der Waals surface area contributed by atoms with Crippen molar-refractivity contribution < 1.29 is 9.59 Å². The normalized spacial score (nSPS) is 36.6. The molecule has 2 N–H and O–H groups in total. The number of carbonyl (C=O) groups excluding carboxylic acids is 2. The Balaban J connectivity index is 2.17. The molecular weight excluding hydrogens is 180 g/mol. The van der Waals surface area contributed by atoms with E-state index in [1.54, 1.807) is 4.90 Å². The van der Waals surface area contributed by atoms with Gasteiger partial charge in [0, 0.05) is 6.54 Å². The molecule has 1 heterocycles. The maximum absolute atomic E-state index is 11.2. The smallest absolute Gasteiger partial charge is 0.240 e. The molecule has 0 bridgehead atoms. The van der Waals surface area contributed by atoms with Crippen molar-refractivity contribution in [2.45, 2.75) is 31.7 Å². The van der Waals surface area contributed by atoms with Gasteiger partial charge in [-0.3, -0.25) is 9.59 Å². The highest BCUT2D eigenvalue weighted by molar-refractivity contribution is 5.83. The molecule has 1 saturated carbocycles. The van der Waals surface area contributed by atoms with Gasteiger partial charge in [0.25, 0.3) is 0 Å². The minimum absolute atomic E-state index is 0.325. The van der Waals surface area contributed by atoms with Gasteiger partial charge >= 0.3 is 0 Å². The summed E-state index contributed by atoms with van der Waals surface area (Å²) in [5.41, 5.74) is 5.33. The lowest BCUT2D eigenvalue weighted by Crippen LogP contribution is -2.43. The molecule has 2 amide bonds. The van der Waals surface area contributed by atoms with Crippen molar-refractivity contribution in [1.82, 2.24) is 4.90 Å². The Morgan fingerprint density at radius 1 is 1.36 bits per heavy atom. The Labute approximate surface area is 83.4 Å². The fraction of sp³-hybridized carbons (Fsp3) is 0.800. The molecule has 3 atom stereocenters. The number of primary amides is 1. The molecule has 78 valence electrons. The van der Waals surface area contributed by atoms with Crippen molar-refractivity contribution in [3.8, 4) is 0 Å². The summed E-state index contributed by atoms with van der Waals surface area (Å²) in [5, 5.41) is 0. The van der Waals surface area contributed by atoms with Crippen molar-refractivity contribution in [2.24, 2.45) is 17.6 Å². The summed E-state index contributed by atoms with van der Waals surface area (Å²) in [6.07, 6.45) is 5.34. The van der Waals surface area contributed by atoms with Crippen LogP contribution < -0.4 is 5.73 Å². The lowest BCUT2D eigenvalue weighted by molar-refractivity contribution is -0.130. The number of nitrogens with zero attached hydrogens (tertiary/aromatic N) is 1. The number of amides is 2. The molecule has 4 nitrogen and oxygen atoms in total. The standard InChI is InChI=1S/C10H16N2O2/c11-10(14)9-8-4-2-1-3-7(8)5-12(9)6-13/h6-9H,1-5H2,(H2,11,14). The van der Waals surface area contributed by atoms with E-state index in [0.29, 0.717) is 11.8 Å². The first-order valence-electron chi connectivity index (χ1n) is 5.24. The molecule has 2 aliphatic rings. The van der Waals surface area contributed by atoms with E-state index in [2.05, 4.69) is 0 Å². The van der Waals surface area contributed by atoms with Gasteiger partial charge in [-0.1, -0.05) is 12.8 Å². The van der Waals surface area contributed by atoms with Crippen molar-refractivity contribution >= 4 is 12.3 Å². The average molecular weight is 196 g/mol. The van der Waals surface area contributed by atoms with Crippen LogP contribution in [-0.2, 0) is 9.59 Å². The molecule has 3 unspecified atom stereocenters. The van der Waals surface area contributed by atoms with E-state index in [-0.39, 0.29) is 11.9 Å². The van der Waals surface area contributed by atoms with Gasteiger partial charge in [0.1, 0.15) is 6.04 Å². The van der Waals surface area contributed by atoms with E-state index in [1.165, 1.54) is 6.42 Å². The van der Waals surface area contributed by atoms with Crippen LogP contribution in [0.4, 0.5) is 0 Å². The molecule has 1 aliphatic heterocycles. The van der Waals surface area contributed by atoms with Crippen LogP contribution >= 0.6 is 0 Å². The SMILES string of the molecule is NC(=O)C1C2CCCCC2CN1C=O. The number of hydrogen-bond acceptors (Lipinski definition) is 2. The zero-order valence-corrected chi connectivity index (χ0v) is 8.19. The summed E-state index contributed by atoms with van der Waals surface area (Å²) in [6, 6.07) is -0.335. The number of rotatable bonds is 2. The van der Waals surface area contributed by atoms with E-state index < -0.39 is 0 Å². The summed E-state index contributed by atoms with van der Waals surface area (Å²) in [6.45, 7) is 0.724. The first kappa shape index (κ1) is 9.49. The average Bonchev–Trinajstić information content (AvgIpc) is 2.55. The van der Waals surface area contributed by atoms with Gasteiger partial charge in [-0.2, -0.15) is 0 Å². The zero-order chi connectivity index (χ0) is 10.1. The topological polar surface area (TPSA) is 63.4 Å². The summed E-state index contributed by atoms with van der Waals surface area (Å²) in [7, 11) is 0. The maximum atomic E-state index is 11.2. The summed E-state index contributed by atoms with van der Waals surface area (Å²) >= 11 is 0. The van der Waals surface area contributed by atoms with Crippen molar-refractivity contribution in [3.63, 3.8) is 0 Å². The van der Waals surface area contributed by atoms with Gasteiger partial charge in [-0.25, -0.2) is 0 Å². The molecule has 0 spiro atoms. The van der Waals surface area contributed by atoms with E-state index in [0.717, 1.165) is 32.2 Å². The molecular formula is C10H16N2O2. The molecule has 0 aromatic rings. The Bertz CT molecular complexity index is 255. The van der Waals surface area contributed by atoms with Crippen LogP contribution in [0.25, 0.3) is 0 Å². The van der Waals surface area contributed by atoms with Gasteiger partial charge in [0.15, 0.2) is 0 Å². The molecule has 0 aromatic heterocycles. The van der Waals surface area contributed by atoms with E-state index in [1.807, 2.05) is 0 Å². The van der Waals surface area contributed by atoms with E-state index in [4.69, 9.17) is 5.73 Å². The number of carbonyl (C=O) groups is 2. The summed E-state index contributed by atoms with van der Waals surface area (Å²) in [4.78, 5) is 23.6. The highest BCUT2D eigenvalue weighted by atomic mass is 16.2. The quantitative estimate of drug-likeness (QED) is 0.637. The Morgan fingerprint density at radius 2 is 2.07 bits per heavy atom. The fourth-order valence-corrected chi connectivity index (χ4v) is 2.99. The Morgan fingerprint density at radius 3 is 2.71 bits per heavy atom. The number of fused-ring (bicyclic) bond motifs is 1. The van der Waals surface area contributed by atoms with Gasteiger partial charge in [0.05, 0.1) is 0 Å². The number of hydrogen-bond donors (Lipinski definition) is 1. The summed E-state index contributed by atoms with van der Waals surface area (Å²) in [5.74, 6) is 0.490. The van der Waals surface area contributed by atoms with Crippen LogP contribution in [0.3, 0.4) is 0 Å². The largest absolute Gasteiger partial charge is 0.368 e. The minimum atomic E-state index is -0.341. The van der Waals surface area contributed by atoms with Crippen molar-refractivity contribution in [1.29, 1.82) is 0 Å². The molecule has 1 saturated heterocycles. The second kappa shape index (κ2) is 3.59. The van der Waals surface area contributed by atoms with Crippen LogP contribution in [0.5, 0.6) is 0 Å². The Kier molecular flexibility index (Phi) is 2.44. The van der Waals surface area contributed by atoms with Crippen LogP contribution in [0.2, 0.25) is 0 Å². The molecule has 4 heteroatoms. The van der Waals surface area contributed by atoms with E-state index >= 15 is 0 Å². The lowest BCUT2D eigenvalue weighted by atomic mass is 9.78. The van der Waals surface area contributed by atoms with Crippen molar-refractivity contribution in [2.75, 3.05) is 6.54 Å². The third-order valence-corrected chi connectivity index (χ3v) is 3.60. The number of likely N-dealkylation sites (tertiary alicyclic amines) is 1. The predicted molar refractivity (Wildman–Crippen MR) is 51.2 cm³/mol. The van der Waals surface area contributed by atoms with Gasteiger partial charge in [-0.05, 0) is 24.7 Å². The third kappa shape index (κ3) is 1.38. The monoisotopic (exact) mass is 196 g/mol. The van der Waals surface area contributed by atoms with Crippen LogP contribution in [0.15, 0.2) is 0 Å². The van der Waals surface area contributed by atoms with Gasteiger partial charge in [-0.15, -0.1) is 0 Å². The Hall–Kier alpha value is -1.06. The van der Waals surface area contributed by atoms with Gasteiger partial charge < -0.3 is 10.6 Å². The lowest BCUT2D eigenvalue weighted by Gasteiger charge is -2.26. The third-order valence-electron chi connectivity index (χ3n) is 3.60. The minimum Gasteiger partial charge on any atom is -0.368 e. The highest BCUT2D eigenvalue weighted by Gasteiger charge is 2.44. The van der Waals surface area contributed by atoms with E-state index in [9.17, 15) is 9.59 Å². The number of nitrogens with two attached hydrogens (primary N) is 1. The van der Waals surface area contributed by atoms with Crippen LogP contribution in [0, 0.1) is 11.8 Å². The highest BCUT2D eigenvalue weighted by Crippen LogP contribution is 2.39.